The van der Waals surface area contributed by atoms with Crippen LogP contribution in [0.2, 0.25) is 5.02 Å². The predicted molar refractivity (Wildman–Crippen MR) is 102 cm³/mol. The summed E-state index contributed by atoms with van der Waals surface area (Å²) in [7, 11) is 0. The summed E-state index contributed by atoms with van der Waals surface area (Å²) in [5.74, 6) is 1.25. The van der Waals surface area contributed by atoms with Crippen LogP contribution in [-0.2, 0) is 0 Å². The second-order valence-electron chi connectivity index (χ2n) is 6.73. The molecule has 0 spiro atoms. The van der Waals surface area contributed by atoms with Crippen LogP contribution in [0.1, 0.15) is 24.8 Å². The van der Waals surface area contributed by atoms with Gasteiger partial charge in [0.25, 0.3) is 5.56 Å². The highest BCUT2D eigenvalue weighted by molar-refractivity contribution is 6.33. The summed E-state index contributed by atoms with van der Waals surface area (Å²) >= 11 is 6.09. The molecule has 0 aliphatic carbocycles. The second kappa shape index (κ2) is 7.45. The molecule has 1 N–H and O–H groups in total. The smallest absolute Gasteiger partial charge is 0.285 e. The van der Waals surface area contributed by atoms with Gasteiger partial charge in [0.15, 0.2) is 0 Å². The van der Waals surface area contributed by atoms with E-state index in [4.69, 9.17) is 16.3 Å². The fourth-order valence-corrected chi connectivity index (χ4v) is 3.74. The minimum atomic E-state index is -0.405. The van der Waals surface area contributed by atoms with Gasteiger partial charge in [-0.1, -0.05) is 11.6 Å². The Morgan fingerprint density at radius 1 is 1.26 bits per heavy atom. The Balaban J connectivity index is 1.50. The highest BCUT2D eigenvalue weighted by Gasteiger charge is 2.27. The lowest BCUT2D eigenvalue weighted by Gasteiger charge is -2.20. The van der Waals surface area contributed by atoms with Gasteiger partial charge in [0.1, 0.15) is 16.9 Å². The maximum Gasteiger partial charge on any atom is 0.285 e. The molecule has 0 amide bonds. The van der Waals surface area contributed by atoms with Crippen LogP contribution in [0.3, 0.4) is 0 Å². The maximum absolute atomic E-state index is 11.6. The molecule has 1 atom stereocenters. The molecule has 4 heterocycles. The Bertz CT molecular complexity index is 934. The lowest BCUT2D eigenvalue weighted by Crippen LogP contribution is -2.27. The van der Waals surface area contributed by atoms with Crippen LogP contribution < -0.4 is 20.1 Å². The second-order valence-corrected chi connectivity index (χ2v) is 7.11. The number of aromatic amines is 1. The van der Waals surface area contributed by atoms with Crippen molar-refractivity contribution >= 4 is 23.1 Å². The predicted octanol–water partition coefficient (Wildman–Crippen LogP) is 1.95. The number of rotatable bonds is 4. The molecule has 2 aliphatic rings. The van der Waals surface area contributed by atoms with Crippen molar-refractivity contribution in [3.8, 4) is 11.9 Å². The Kier molecular flexibility index (Phi) is 4.86. The van der Waals surface area contributed by atoms with Gasteiger partial charge in [-0.25, -0.2) is 5.10 Å². The van der Waals surface area contributed by atoms with Crippen LogP contribution in [0.25, 0.3) is 0 Å². The van der Waals surface area contributed by atoms with Gasteiger partial charge in [-0.2, -0.15) is 15.3 Å². The Labute approximate surface area is 161 Å². The van der Waals surface area contributed by atoms with E-state index in [0.29, 0.717) is 30.2 Å². The number of hydrogen-bond donors (Lipinski definition) is 1. The number of nitrogens with zero attached hydrogens (tertiary/aromatic N) is 5. The first-order valence-corrected chi connectivity index (χ1v) is 9.34. The molecule has 4 rings (SSSR count). The Morgan fingerprint density at radius 3 is 2.85 bits per heavy atom. The molecule has 0 bridgehead atoms. The molecule has 2 saturated heterocycles. The lowest BCUT2D eigenvalue weighted by molar-refractivity contribution is 0.216. The zero-order valence-corrected chi connectivity index (χ0v) is 15.4. The van der Waals surface area contributed by atoms with E-state index in [2.05, 4.69) is 26.2 Å². The summed E-state index contributed by atoms with van der Waals surface area (Å²) in [5.41, 5.74) is 0.735. The highest BCUT2D eigenvalue weighted by Crippen LogP contribution is 2.28. The number of anilines is 2. The number of nitrogens with one attached hydrogen (secondary N) is 1. The quantitative estimate of drug-likeness (QED) is 0.857. The molecular formula is C18H19ClN6O2. The normalized spacial score (nSPS) is 19.3. The van der Waals surface area contributed by atoms with Gasteiger partial charge in [-0.15, -0.1) is 0 Å². The first-order valence-electron chi connectivity index (χ1n) is 8.96. The third-order valence-electron chi connectivity index (χ3n) is 4.90. The SMILES string of the molecule is N#Cc1cc(O[C@@H]2CCN(c3cn[nH]c(=O)c3Cl)C2)nc(N2CCCC2)c1. The summed E-state index contributed by atoms with van der Waals surface area (Å²) in [4.78, 5) is 20.4. The minimum Gasteiger partial charge on any atom is -0.472 e. The minimum absolute atomic E-state index is 0.103. The zero-order valence-electron chi connectivity index (χ0n) is 14.7. The van der Waals surface area contributed by atoms with Crippen molar-refractivity contribution < 1.29 is 4.74 Å². The van der Waals surface area contributed by atoms with E-state index in [0.717, 1.165) is 38.2 Å². The fourth-order valence-electron chi connectivity index (χ4n) is 3.53. The summed E-state index contributed by atoms with van der Waals surface area (Å²) < 4.78 is 6.06. The fraction of sp³-hybridized carbons (Fsp3) is 0.444. The molecule has 0 saturated carbocycles. The number of nitriles is 1. The number of ether oxygens (including phenoxy) is 1. The van der Waals surface area contributed by atoms with Crippen molar-refractivity contribution in [3.63, 3.8) is 0 Å². The first kappa shape index (κ1) is 17.6. The van der Waals surface area contributed by atoms with E-state index in [-0.39, 0.29) is 11.1 Å². The largest absolute Gasteiger partial charge is 0.472 e. The number of aromatic nitrogens is 3. The monoisotopic (exact) mass is 386 g/mol. The van der Waals surface area contributed by atoms with Crippen molar-refractivity contribution in [2.45, 2.75) is 25.4 Å². The molecule has 0 radical (unpaired) electrons. The van der Waals surface area contributed by atoms with Crippen molar-refractivity contribution in [1.29, 1.82) is 5.26 Å². The van der Waals surface area contributed by atoms with E-state index < -0.39 is 5.56 Å². The topological polar surface area (TPSA) is 98.1 Å². The highest BCUT2D eigenvalue weighted by atomic mass is 35.5. The Morgan fingerprint density at radius 2 is 2.07 bits per heavy atom. The molecule has 140 valence electrons. The average molecular weight is 387 g/mol. The molecule has 0 aromatic carbocycles. The van der Waals surface area contributed by atoms with Crippen LogP contribution in [0.5, 0.6) is 5.88 Å². The van der Waals surface area contributed by atoms with Crippen molar-refractivity contribution in [2.24, 2.45) is 0 Å². The van der Waals surface area contributed by atoms with Crippen molar-refractivity contribution in [2.75, 3.05) is 36.0 Å². The molecule has 9 heteroatoms. The van der Waals surface area contributed by atoms with E-state index >= 15 is 0 Å². The van der Waals surface area contributed by atoms with Crippen LogP contribution in [0, 0.1) is 11.3 Å². The van der Waals surface area contributed by atoms with Crippen LogP contribution in [0.15, 0.2) is 23.1 Å². The number of halogens is 1. The van der Waals surface area contributed by atoms with Gasteiger partial charge < -0.3 is 14.5 Å². The summed E-state index contributed by atoms with van der Waals surface area (Å²) in [6, 6.07) is 5.66. The van der Waals surface area contributed by atoms with Crippen LogP contribution in [0.4, 0.5) is 11.5 Å². The number of H-pyrrole nitrogens is 1. The third kappa shape index (κ3) is 3.69. The standard InChI is InChI=1S/C18H19ClN6O2/c19-17-14(10-21-23-18(17)26)25-6-3-13(11-25)27-16-8-12(9-20)7-15(22-16)24-4-1-2-5-24/h7-8,10,13H,1-6,11H2,(H,23,26)/t13-/m1/s1. The van der Waals surface area contributed by atoms with Crippen LogP contribution in [-0.4, -0.2) is 47.5 Å². The first-order chi connectivity index (χ1) is 13.1. The summed E-state index contributed by atoms with van der Waals surface area (Å²) in [6.45, 7) is 3.17. The van der Waals surface area contributed by atoms with Gasteiger partial charge in [-0.3, -0.25) is 4.79 Å². The van der Waals surface area contributed by atoms with Gasteiger partial charge in [-0.05, 0) is 18.9 Å². The summed E-state index contributed by atoms with van der Waals surface area (Å²) in [5, 5.41) is 15.6. The van der Waals surface area contributed by atoms with Crippen LogP contribution >= 0.6 is 11.6 Å². The summed E-state index contributed by atoms with van der Waals surface area (Å²) in [6.07, 6.45) is 4.48. The van der Waals surface area contributed by atoms with E-state index in [1.165, 1.54) is 0 Å². The van der Waals surface area contributed by atoms with Gasteiger partial charge >= 0.3 is 0 Å². The molecule has 8 nitrogen and oxygen atoms in total. The molecule has 2 aliphatic heterocycles. The van der Waals surface area contributed by atoms with E-state index in [1.807, 2.05) is 4.90 Å². The molecular weight excluding hydrogens is 368 g/mol. The van der Waals surface area contributed by atoms with E-state index in [1.54, 1.807) is 18.3 Å². The molecule has 2 aromatic rings. The zero-order chi connectivity index (χ0) is 18.8. The molecule has 2 aromatic heterocycles. The lowest BCUT2D eigenvalue weighted by atomic mass is 10.2. The number of pyridine rings is 1. The molecule has 0 unspecified atom stereocenters. The average Bonchev–Trinajstić information content (AvgIpc) is 3.36. The third-order valence-corrected chi connectivity index (χ3v) is 5.26. The van der Waals surface area contributed by atoms with Gasteiger partial charge in [0.2, 0.25) is 5.88 Å². The molecule has 27 heavy (non-hydrogen) atoms. The number of hydrogen-bond acceptors (Lipinski definition) is 7. The Hall–Kier alpha value is -2.79. The van der Waals surface area contributed by atoms with Gasteiger partial charge in [0, 0.05) is 32.1 Å². The van der Waals surface area contributed by atoms with Crippen molar-refractivity contribution in [1.82, 2.24) is 15.2 Å². The van der Waals surface area contributed by atoms with Gasteiger partial charge in [0.05, 0.1) is 30.1 Å². The maximum atomic E-state index is 11.6. The van der Waals surface area contributed by atoms with Crippen molar-refractivity contribution in [3.05, 3.63) is 39.3 Å². The van der Waals surface area contributed by atoms with E-state index in [9.17, 15) is 10.1 Å². The molecule has 2 fully saturated rings.